The van der Waals surface area contributed by atoms with Gasteiger partial charge in [-0.15, -0.1) is 0 Å². The predicted octanol–water partition coefficient (Wildman–Crippen LogP) is 8.62. The van der Waals surface area contributed by atoms with Gasteiger partial charge in [0.2, 0.25) is 0 Å². The number of aromatic nitrogens is 2. The third-order valence-corrected chi connectivity index (χ3v) is 11.9. The molecule has 0 saturated heterocycles. The van der Waals surface area contributed by atoms with Crippen LogP contribution in [0.4, 0.5) is 0 Å². The summed E-state index contributed by atoms with van der Waals surface area (Å²) < 4.78 is 8.03. The molecule has 38 heavy (non-hydrogen) atoms. The molecule has 1 heterocycles. The summed E-state index contributed by atoms with van der Waals surface area (Å²) in [7, 11) is 0. The summed E-state index contributed by atoms with van der Waals surface area (Å²) in [4.78, 5) is 16.7. The predicted molar refractivity (Wildman–Crippen MR) is 154 cm³/mol. The van der Waals surface area contributed by atoms with Gasteiger partial charge in [0, 0.05) is 31.8 Å². The van der Waals surface area contributed by atoms with Crippen molar-refractivity contribution in [1.82, 2.24) is 9.55 Å². The second-order valence-corrected chi connectivity index (χ2v) is 14.5. The number of esters is 1. The van der Waals surface area contributed by atoms with Crippen molar-refractivity contribution in [2.75, 3.05) is 0 Å². The van der Waals surface area contributed by atoms with Crippen molar-refractivity contribution in [2.24, 2.45) is 46.3 Å². The van der Waals surface area contributed by atoms with E-state index in [2.05, 4.69) is 45.7 Å². The van der Waals surface area contributed by atoms with Crippen molar-refractivity contribution < 1.29 is 9.53 Å². The Morgan fingerprint density at radius 2 is 1.92 bits per heavy atom. The van der Waals surface area contributed by atoms with Gasteiger partial charge < -0.3 is 9.30 Å². The van der Waals surface area contributed by atoms with Gasteiger partial charge in [0.15, 0.2) is 0 Å². The molecule has 0 bridgehead atoms. The molecule has 0 spiro atoms. The average molecular weight is 523 g/mol. The Morgan fingerprint density at radius 1 is 1.08 bits per heavy atom. The Bertz CT molecular complexity index is 967. The quantitative estimate of drug-likeness (QED) is 0.228. The molecule has 4 aliphatic carbocycles. The van der Waals surface area contributed by atoms with Gasteiger partial charge in [-0.3, -0.25) is 4.79 Å². The molecule has 4 nitrogen and oxygen atoms in total. The molecule has 0 radical (unpaired) electrons. The van der Waals surface area contributed by atoms with Gasteiger partial charge >= 0.3 is 5.97 Å². The molecule has 0 N–H and O–H groups in total. The number of ether oxygens (including phenoxy) is 1. The van der Waals surface area contributed by atoms with Crippen molar-refractivity contribution in [3.8, 4) is 0 Å². The van der Waals surface area contributed by atoms with E-state index in [0.717, 1.165) is 61.3 Å². The van der Waals surface area contributed by atoms with E-state index in [0.29, 0.717) is 17.3 Å². The summed E-state index contributed by atoms with van der Waals surface area (Å²) in [5.74, 6) is 5.18. The number of carbonyl (C=O) groups is 1. The lowest BCUT2D eigenvalue weighted by Gasteiger charge is -2.58. The van der Waals surface area contributed by atoms with Crippen molar-refractivity contribution >= 4 is 5.97 Å². The molecular formula is C34H54N2O2. The van der Waals surface area contributed by atoms with Crippen LogP contribution in [-0.4, -0.2) is 21.6 Å². The molecule has 4 heteroatoms. The Labute approximate surface area is 232 Å². The monoisotopic (exact) mass is 522 g/mol. The van der Waals surface area contributed by atoms with Crippen molar-refractivity contribution in [3.05, 3.63) is 30.4 Å². The van der Waals surface area contributed by atoms with E-state index in [4.69, 9.17) is 4.74 Å². The molecule has 3 saturated carbocycles. The summed E-state index contributed by atoms with van der Waals surface area (Å²) in [6.07, 6.45) is 23.9. The molecular weight excluding hydrogens is 468 g/mol. The van der Waals surface area contributed by atoms with Gasteiger partial charge in [-0.1, -0.05) is 65.5 Å². The van der Waals surface area contributed by atoms with Crippen molar-refractivity contribution in [3.63, 3.8) is 0 Å². The number of hydrogen-bond acceptors (Lipinski definition) is 3. The van der Waals surface area contributed by atoms with Crippen LogP contribution in [0.2, 0.25) is 0 Å². The zero-order chi connectivity index (χ0) is 26.9. The Balaban J connectivity index is 1.17. The van der Waals surface area contributed by atoms with Crippen LogP contribution in [-0.2, 0) is 16.1 Å². The Hall–Kier alpha value is -1.58. The van der Waals surface area contributed by atoms with Gasteiger partial charge in [-0.25, -0.2) is 4.98 Å². The van der Waals surface area contributed by atoms with Crippen LogP contribution in [0.3, 0.4) is 0 Å². The molecule has 8 atom stereocenters. The number of imidazole rings is 1. The molecule has 3 fully saturated rings. The van der Waals surface area contributed by atoms with Crippen LogP contribution in [0.25, 0.3) is 0 Å². The van der Waals surface area contributed by atoms with Gasteiger partial charge in [-0.05, 0) is 97.7 Å². The number of aryl methyl sites for hydroxylation is 1. The zero-order valence-electron chi connectivity index (χ0n) is 25.0. The van der Waals surface area contributed by atoms with Crippen LogP contribution < -0.4 is 0 Å². The number of carbonyl (C=O) groups excluding carboxylic acids is 1. The van der Waals surface area contributed by atoms with Gasteiger partial charge in [0.05, 0.1) is 6.33 Å². The third-order valence-electron chi connectivity index (χ3n) is 11.9. The summed E-state index contributed by atoms with van der Waals surface area (Å²) >= 11 is 0. The normalized spacial score (nSPS) is 37.2. The molecule has 1 aromatic rings. The smallest absolute Gasteiger partial charge is 0.306 e. The summed E-state index contributed by atoms with van der Waals surface area (Å²) in [6.45, 7) is 13.4. The molecule has 0 aliphatic heterocycles. The van der Waals surface area contributed by atoms with E-state index in [9.17, 15) is 4.79 Å². The lowest BCUT2D eigenvalue weighted by molar-refractivity contribution is -0.151. The third kappa shape index (κ3) is 5.52. The molecule has 0 amide bonds. The first-order chi connectivity index (χ1) is 18.2. The minimum Gasteiger partial charge on any atom is -0.462 e. The van der Waals surface area contributed by atoms with E-state index < -0.39 is 0 Å². The average Bonchev–Trinajstić information content (AvgIpc) is 3.51. The molecule has 0 aromatic carbocycles. The Kier molecular flexibility index (Phi) is 8.46. The van der Waals surface area contributed by atoms with E-state index in [-0.39, 0.29) is 12.1 Å². The van der Waals surface area contributed by atoms with Crippen molar-refractivity contribution in [2.45, 2.75) is 131 Å². The lowest BCUT2D eigenvalue weighted by atomic mass is 9.47. The van der Waals surface area contributed by atoms with E-state index in [1.807, 2.05) is 17.1 Å². The summed E-state index contributed by atoms with van der Waals surface area (Å²) in [5, 5.41) is 0. The number of fused-ring (bicyclic) bond motifs is 5. The fourth-order valence-corrected chi connectivity index (χ4v) is 9.82. The second kappa shape index (κ2) is 11.5. The van der Waals surface area contributed by atoms with E-state index in [1.165, 1.54) is 57.8 Å². The zero-order valence-corrected chi connectivity index (χ0v) is 25.0. The highest BCUT2D eigenvalue weighted by molar-refractivity contribution is 5.69. The summed E-state index contributed by atoms with van der Waals surface area (Å²) in [6, 6.07) is 0. The molecule has 212 valence electrons. The molecule has 0 unspecified atom stereocenters. The first-order valence-corrected chi connectivity index (χ1v) is 16.1. The van der Waals surface area contributed by atoms with Crippen LogP contribution in [0, 0.1) is 46.3 Å². The van der Waals surface area contributed by atoms with Crippen LogP contribution in [0.15, 0.2) is 30.4 Å². The van der Waals surface area contributed by atoms with Crippen molar-refractivity contribution in [1.29, 1.82) is 0 Å². The number of allylic oxidation sites excluding steroid dienone is 1. The topological polar surface area (TPSA) is 44.1 Å². The lowest BCUT2D eigenvalue weighted by Crippen LogP contribution is -2.51. The van der Waals surface area contributed by atoms with Gasteiger partial charge in [0.1, 0.15) is 6.10 Å². The number of hydrogen-bond donors (Lipinski definition) is 0. The van der Waals surface area contributed by atoms with Gasteiger partial charge in [-0.2, -0.15) is 0 Å². The maximum atomic E-state index is 12.6. The summed E-state index contributed by atoms with van der Waals surface area (Å²) in [5.41, 5.74) is 2.47. The highest BCUT2D eigenvalue weighted by Crippen LogP contribution is 2.67. The Morgan fingerprint density at radius 3 is 2.68 bits per heavy atom. The molecule has 4 aliphatic rings. The minimum absolute atomic E-state index is 0.0269. The van der Waals surface area contributed by atoms with E-state index in [1.54, 1.807) is 11.8 Å². The number of rotatable bonds is 10. The fourth-order valence-electron chi connectivity index (χ4n) is 9.82. The van der Waals surface area contributed by atoms with Crippen LogP contribution in [0.1, 0.15) is 118 Å². The fraction of sp³-hybridized carbons (Fsp3) is 0.824. The first kappa shape index (κ1) is 28.0. The second-order valence-electron chi connectivity index (χ2n) is 14.5. The highest BCUT2D eigenvalue weighted by Gasteiger charge is 2.59. The minimum atomic E-state index is -0.0269. The highest BCUT2D eigenvalue weighted by atomic mass is 16.5. The standard InChI is InChI=1S/C34H54N2O2/c1-24(2)8-6-9-25(3)29-13-14-30-28-12-11-26-22-27(38-32(37)10-7-20-36-21-19-35-23-36)15-17-33(26,4)31(28)16-18-34(29,30)5/h11,19,21,23-25,27-31H,6-10,12-18,20,22H2,1-5H3/t25-,27+,28+,29-,30+,31+,33+,34-/m1/s1. The van der Waals surface area contributed by atoms with Gasteiger partial charge in [0.25, 0.3) is 0 Å². The number of nitrogens with zero attached hydrogens (tertiary/aromatic N) is 2. The first-order valence-electron chi connectivity index (χ1n) is 16.1. The van der Waals surface area contributed by atoms with E-state index >= 15 is 0 Å². The maximum absolute atomic E-state index is 12.6. The SMILES string of the molecule is CC(C)CCC[C@@H](C)[C@H]1CC[C@H]2[C@@H]3CC=C4C[C@@H](OC(=O)CCCn5ccnc5)CC[C@]4(C)[C@H]3CC[C@]12C. The maximum Gasteiger partial charge on any atom is 0.306 e. The van der Waals surface area contributed by atoms with Crippen LogP contribution >= 0.6 is 0 Å². The van der Waals surface area contributed by atoms with Crippen LogP contribution in [0.5, 0.6) is 0 Å². The largest absolute Gasteiger partial charge is 0.462 e. The molecule has 1 aromatic heterocycles. The molecule has 5 rings (SSSR count).